The molecule has 0 radical (unpaired) electrons. The lowest BCUT2D eigenvalue weighted by Gasteiger charge is -2.09. The number of aromatic nitrogens is 2. The lowest BCUT2D eigenvalue weighted by molar-refractivity contribution is 0.575. The van der Waals surface area contributed by atoms with Gasteiger partial charge in [-0.3, -0.25) is 0 Å². The fourth-order valence-corrected chi connectivity index (χ4v) is 2.43. The quantitative estimate of drug-likeness (QED) is 0.859. The van der Waals surface area contributed by atoms with Gasteiger partial charge in [0, 0.05) is 17.7 Å². The van der Waals surface area contributed by atoms with E-state index in [4.69, 9.17) is 10.2 Å². The van der Waals surface area contributed by atoms with Crippen molar-refractivity contribution < 1.29 is 4.42 Å². The molecule has 4 nitrogen and oxygen atoms in total. The number of nitrogens with zero attached hydrogens (tertiary/aromatic N) is 2. The zero-order valence-corrected chi connectivity index (χ0v) is 9.60. The molecular formula is C13H15N3O. The van der Waals surface area contributed by atoms with Gasteiger partial charge in [0.25, 0.3) is 0 Å². The van der Waals surface area contributed by atoms with E-state index in [1.807, 2.05) is 18.2 Å². The van der Waals surface area contributed by atoms with E-state index >= 15 is 0 Å². The fourth-order valence-electron chi connectivity index (χ4n) is 2.43. The minimum atomic E-state index is 0.522. The summed E-state index contributed by atoms with van der Waals surface area (Å²) in [7, 11) is 0. The molecule has 1 saturated carbocycles. The van der Waals surface area contributed by atoms with Crippen molar-refractivity contribution in [3.8, 4) is 11.6 Å². The van der Waals surface area contributed by atoms with E-state index in [0.29, 0.717) is 23.3 Å². The van der Waals surface area contributed by atoms with E-state index in [-0.39, 0.29) is 0 Å². The number of rotatable bonds is 2. The largest absolute Gasteiger partial charge is 0.461 e. The Kier molecular flexibility index (Phi) is 2.55. The maximum Gasteiger partial charge on any atom is 0.197 e. The van der Waals surface area contributed by atoms with Gasteiger partial charge in [0.1, 0.15) is 5.82 Å². The van der Waals surface area contributed by atoms with Gasteiger partial charge in [-0.15, -0.1) is 0 Å². The van der Waals surface area contributed by atoms with Crippen LogP contribution in [0.2, 0.25) is 0 Å². The van der Waals surface area contributed by atoms with Crippen LogP contribution >= 0.6 is 0 Å². The van der Waals surface area contributed by atoms with Gasteiger partial charge in [-0.2, -0.15) is 0 Å². The minimum Gasteiger partial charge on any atom is -0.461 e. The summed E-state index contributed by atoms with van der Waals surface area (Å²) in [6.07, 6.45) is 6.59. The summed E-state index contributed by atoms with van der Waals surface area (Å²) in [4.78, 5) is 8.79. The molecule has 0 unspecified atom stereocenters. The number of hydrogen-bond acceptors (Lipinski definition) is 4. The molecule has 2 N–H and O–H groups in total. The predicted octanol–water partition coefficient (Wildman–Crippen LogP) is 2.98. The summed E-state index contributed by atoms with van der Waals surface area (Å²) in [5, 5.41) is 0. The summed E-state index contributed by atoms with van der Waals surface area (Å²) in [6.45, 7) is 0. The molecule has 0 aromatic carbocycles. The molecule has 3 rings (SSSR count). The van der Waals surface area contributed by atoms with Crippen LogP contribution in [0.25, 0.3) is 11.6 Å². The van der Waals surface area contributed by atoms with Crippen LogP contribution < -0.4 is 5.73 Å². The van der Waals surface area contributed by atoms with Crippen LogP contribution in [0, 0.1) is 0 Å². The molecule has 0 amide bonds. The number of nitrogen functional groups attached to an aromatic ring is 1. The highest BCUT2D eigenvalue weighted by Crippen LogP contribution is 2.34. The molecule has 0 bridgehead atoms. The Hall–Kier alpha value is -1.84. The zero-order chi connectivity index (χ0) is 11.7. The fraction of sp³-hybridized carbons (Fsp3) is 0.385. The molecule has 0 atom stereocenters. The minimum absolute atomic E-state index is 0.522. The summed E-state index contributed by atoms with van der Waals surface area (Å²) in [5.74, 6) is 2.33. The molecule has 1 aliphatic carbocycles. The second-order valence-corrected chi connectivity index (χ2v) is 4.50. The molecule has 88 valence electrons. The number of hydrogen-bond donors (Lipinski definition) is 1. The van der Waals surface area contributed by atoms with E-state index in [1.165, 1.54) is 25.7 Å². The molecule has 2 aromatic heterocycles. The molecule has 2 aromatic rings. The first-order valence-corrected chi connectivity index (χ1v) is 6.01. The maximum absolute atomic E-state index is 5.84. The predicted molar refractivity (Wildman–Crippen MR) is 65.4 cm³/mol. The van der Waals surface area contributed by atoms with E-state index in [1.54, 1.807) is 6.26 Å². The van der Waals surface area contributed by atoms with Crippen molar-refractivity contribution in [3.05, 3.63) is 30.2 Å². The van der Waals surface area contributed by atoms with Crippen LogP contribution in [0.3, 0.4) is 0 Å². The van der Waals surface area contributed by atoms with E-state index in [0.717, 1.165) is 5.69 Å². The first kappa shape index (κ1) is 10.3. The van der Waals surface area contributed by atoms with Gasteiger partial charge in [0.2, 0.25) is 0 Å². The summed E-state index contributed by atoms with van der Waals surface area (Å²) in [6, 6.07) is 5.58. The molecule has 0 saturated heterocycles. The first-order chi connectivity index (χ1) is 8.33. The van der Waals surface area contributed by atoms with Crippen LogP contribution in [0.15, 0.2) is 28.9 Å². The van der Waals surface area contributed by atoms with Crippen LogP contribution in [0.4, 0.5) is 5.82 Å². The molecule has 1 aliphatic rings. The summed E-state index contributed by atoms with van der Waals surface area (Å²) >= 11 is 0. The van der Waals surface area contributed by atoms with E-state index in [9.17, 15) is 0 Å². The van der Waals surface area contributed by atoms with Gasteiger partial charge < -0.3 is 10.2 Å². The third kappa shape index (κ3) is 2.02. The van der Waals surface area contributed by atoms with Crippen molar-refractivity contribution in [2.45, 2.75) is 31.6 Å². The average Bonchev–Trinajstić information content (AvgIpc) is 3.02. The Morgan fingerprint density at radius 1 is 1.24 bits per heavy atom. The molecule has 17 heavy (non-hydrogen) atoms. The van der Waals surface area contributed by atoms with Crippen LogP contribution in [-0.2, 0) is 0 Å². The number of anilines is 1. The Morgan fingerprint density at radius 2 is 2.06 bits per heavy atom. The number of furan rings is 1. The van der Waals surface area contributed by atoms with Crippen molar-refractivity contribution in [1.29, 1.82) is 0 Å². The molecule has 0 spiro atoms. The van der Waals surface area contributed by atoms with Crippen LogP contribution in [-0.4, -0.2) is 9.97 Å². The molecule has 2 heterocycles. The Labute approximate surface area is 99.9 Å². The second-order valence-electron chi connectivity index (χ2n) is 4.50. The van der Waals surface area contributed by atoms with Crippen molar-refractivity contribution in [2.24, 2.45) is 0 Å². The van der Waals surface area contributed by atoms with Gasteiger partial charge in [0.05, 0.1) is 6.26 Å². The Morgan fingerprint density at radius 3 is 2.76 bits per heavy atom. The van der Waals surface area contributed by atoms with Gasteiger partial charge in [-0.1, -0.05) is 12.8 Å². The zero-order valence-electron chi connectivity index (χ0n) is 9.60. The highest BCUT2D eigenvalue weighted by molar-refractivity contribution is 5.50. The monoisotopic (exact) mass is 229 g/mol. The molecule has 1 fully saturated rings. The Bertz CT molecular complexity index is 501. The Balaban J connectivity index is 2.00. The van der Waals surface area contributed by atoms with Crippen molar-refractivity contribution in [2.75, 3.05) is 5.73 Å². The normalized spacial score (nSPS) is 16.5. The third-order valence-electron chi connectivity index (χ3n) is 3.28. The van der Waals surface area contributed by atoms with E-state index in [2.05, 4.69) is 9.97 Å². The molecule has 4 heteroatoms. The first-order valence-electron chi connectivity index (χ1n) is 6.01. The summed E-state index contributed by atoms with van der Waals surface area (Å²) in [5.41, 5.74) is 6.90. The lowest BCUT2D eigenvalue weighted by Crippen LogP contribution is -2.03. The third-order valence-corrected chi connectivity index (χ3v) is 3.28. The smallest absolute Gasteiger partial charge is 0.197 e. The molecular weight excluding hydrogens is 214 g/mol. The number of nitrogens with two attached hydrogens (primary N) is 1. The van der Waals surface area contributed by atoms with Crippen LogP contribution in [0.5, 0.6) is 0 Å². The second kappa shape index (κ2) is 4.20. The van der Waals surface area contributed by atoms with Gasteiger partial charge >= 0.3 is 0 Å². The highest BCUT2D eigenvalue weighted by atomic mass is 16.3. The average molecular weight is 229 g/mol. The van der Waals surface area contributed by atoms with Gasteiger partial charge in [-0.05, 0) is 25.0 Å². The lowest BCUT2D eigenvalue weighted by atomic mass is 10.0. The van der Waals surface area contributed by atoms with E-state index < -0.39 is 0 Å². The standard InChI is InChI=1S/C13H15N3O/c14-12-8-10(9-4-1-2-5-9)15-13(16-12)11-6-3-7-17-11/h3,6-9H,1-2,4-5H2,(H2,14,15,16). The van der Waals surface area contributed by atoms with Crippen molar-refractivity contribution in [1.82, 2.24) is 9.97 Å². The topological polar surface area (TPSA) is 64.9 Å². The SMILES string of the molecule is Nc1cc(C2CCCC2)nc(-c2ccco2)n1. The van der Waals surface area contributed by atoms with Gasteiger partial charge in [0.15, 0.2) is 11.6 Å². The van der Waals surface area contributed by atoms with Crippen molar-refractivity contribution in [3.63, 3.8) is 0 Å². The molecule has 0 aliphatic heterocycles. The highest BCUT2D eigenvalue weighted by Gasteiger charge is 2.20. The van der Waals surface area contributed by atoms with Crippen molar-refractivity contribution >= 4 is 5.82 Å². The maximum atomic E-state index is 5.84. The summed E-state index contributed by atoms with van der Waals surface area (Å²) < 4.78 is 5.31. The van der Waals surface area contributed by atoms with Crippen LogP contribution in [0.1, 0.15) is 37.3 Å². The van der Waals surface area contributed by atoms with Gasteiger partial charge in [-0.25, -0.2) is 9.97 Å².